The number of hydrogen-bond donors (Lipinski definition) is 8. The van der Waals surface area contributed by atoms with Crippen LogP contribution in [0.15, 0.2) is 66.7 Å². The SMILES string of the molecule is COc1ccc(NC(=O)C(Nc2cccc(C(=N)N)c2)c2ccccc2OC2OC(CO)C(O)C(O)C2O)cc1OC. The van der Waals surface area contributed by atoms with Gasteiger partial charge < -0.3 is 55.7 Å². The van der Waals surface area contributed by atoms with E-state index in [4.69, 9.17) is 30.1 Å². The number of ether oxygens (including phenoxy) is 4. The number of aliphatic hydroxyl groups excluding tert-OH is 4. The van der Waals surface area contributed by atoms with Crippen LogP contribution in [0.4, 0.5) is 11.4 Å². The molecule has 224 valence electrons. The summed E-state index contributed by atoms with van der Waals surface area (Å²) in [5.41, 5.74) is 7.30. The first-order chi connectivity index (χ1) is 20.2. The van der Waals surface area contributed by atoms with Crippen LogP contribution in [0.3, 0.4) is 0 Å². The Morgan fingerprint density at radius 1 is 0.929 bits per heavy atom. The molecule has 6 atom stereocenters. The van der Waals surface area contributed by atoms with E-state index in [1.165, 1.54) is 14.2 Å². The Labute approximate surface area is 241 Å². The number of benzene rings is 3. The van der Waals surface area contributed by atoms with Crippen molar-refractivity contribution >= 4 is 23.1 Å². The predicted octanol–water partition coefficient (Wildman–Crippen LogP) is 0.958. The first-order valence-corrected chi connectivity index (χ1v) is 13.0. The Morgan fingerprint density at radius 3 is 2.36 bits per heavy atom. The normalized spacial score (nSPS) is 22.5. The zero-order valence-electron chi connectivity index (χ0n) is 22.9. The van der Waals surface area contributed by atoms with Crippen molar-refractivity contribution in [1.82, 2.24) is 0 Å². The van der Waals surface area contributed by atoms with Crippen LogP contribution in [-0.4, -0.2) is 83.7 Å². The number of methoxy groups -OCH3 is 2. The molecule has 0 spiro atoms. The van der Waals surface area contributed by atoms with Gasteiger partial charge in [-0.3, -0.25) is 10.2 Å². The lowest BCUT2D eigenvalue weighted by molar-refractivity contribution is -0.277. The molecule has 0 radical (unpaired) electrons. The average Bonchev–Trinajstić information content (AvgIpc) is 3.00. The second kappa shape index (κ2) is 13.5. The average molecular weight is 583 g/mol. The summed E-state index contributed by atoms with van der Waals surface area (Å²) in [7, 11) is 2.97. The molecular weight excluding hydrogens is 548 g/mol. The molecule has 13 heteroatoms. The molecule has 4 rings (SSSR count). The third-order valence-electron chi connectivity index (χ3n) is 6.72. The summed E-state index contributed by atoms with van der Waals surface area (Å²) in [5, 5.41) is 54.2. The number of nitrogens with one attached hydrogen (secondary N) is 3. The Hall–Kier alpha value is -4.40. The standard InChI is InChI=1S/C29H34N4O9/c1-39-20-11-10-17(13-21(20)40-2)33-28(38)23(32-16-7-5-6-15(12-16)27(30)31)18-8-3-4-9-19(18)41-29-26(37)25(36)24(35)22(14-34)42-29/h3-13,22-26,29,32,34-37H,14H2,1-2H3,(H3,30,31)(H,33,38). The minimum Gasteiger partial charge on any atom is -0.493 e. The third-order valence-corrected chi connectivity index (χ3v) is 6.72. The lowest BCUT2D eigenvalue weighted by Crippen LogP contribution is -2.60. The van der Waals surface area contributed by atoms with Gasteiger partial charge in [-0.1, -0.05) is 30.3 Å². The summed E-state index contributed by atoms with van der Waals surface area (Å²) in [4.78, 5) is 13.8. The van der Waals surface area contributed by atoms with Gasteiger partial charge in [-0.05, 0) is 30.3 Å². The number of nitrogens with two attached hydrogens (primary N) is 1. The van der Waals surface area contributed by atoms with E-state index in [2.05, 4.69) is 10.6 Å². The molecule has 0 aromatic heterocycles. The highest BCUT2D eigenvalue weighted by atomic mass is 16.7. The first-order valence-electron chi connectivity index (χ1n) is 13.0. The van der Waals surface area contributed by atoms with Gasteiger partial charge in [0.2, 0.25) is 6.29 Å². The van der Waals surface area contributed by atoms with Gasteiger partial charge in [0.15, 0.2) is 11.5 Å². The van der Waals surface area contributed by atoms with E-state index < -0.39 is 49.3 Å². The number of carbonyl (C=O) groups excluding carboxylic acids is 1. The van der Waals surface area contributed by atoms with Gasteiger partial charge in [-0.25, -0.2) is 0 Å². The molecule has 1 fully saturated rings. The summed E-state index contributed by atoms with van der Waals surface area (Å²) in [6, 6.07) is 16.9. The van der Waals surface area contributed by atoms with Gasteiger partial charge in [0, 0.05) is 28.6 Å². The van der Waals surface area contributed by atoms with Crippen molar-refractivity contribution < 1.29 is 44.2 Å². The summed E-state index contributed by atoms with van der Waals surface area (Å²) < 4.78 is 22.1. The fourth-order valence-electron chi connectivity index (χ4n) is 4.47. The highest BCUT2D eigenvalue weighted by molar-refractivity contribution is 5.99. The Bertz CT molecular complexity index is 1400. The highest BCUT2D eigenvalue weighted by Gasteiger charge is 2.45. The van der Waals surface area contributed by atoms with Crippen molar-refractivity contribution in [3.8, 4) is 17.2 Å². The van der Waals surface area contributed by atoms with Crippen LogP contribution in [0.5, 0.6) is 17.2 Å². The van der Waals surface area contributed by atoms with E-state index in [1.807, 2.05) is 0 Å². The van der Waals surface area contributed by atoms with Crippen molar-refractivity contribution in [3.63, 3.8) is 0 Å². The van der Waals surface area contributed by atoms with Crippen molar-refractivity contribution in [2.24, 2.45) is 5.73 Å². The molecule has 9 N–H and O–H groups in total. The topological polar surface area (TPSA) is 209 Å². The van der Waals surface area contributed by atoms with Crippen molar-refractivity contribution in [1.29, 1.82) is 5.41 Å². The van der Waals surface area contributed by atoms with Gasteiger partial charge in [0.1, 0.15) is 42.0 Å². The second-order valence-electron chi connectivity index (χ2n) is 9.48. The third kappa shape index (κ3) is 6.73. The first kappa shape index (κ1) is 30.6. The number of amides is 1. The molecule has 3 aromatic carbocycles. The lowest BCUT2D eigenvalue weighted by Gasteiger charge is -2.39. The lowest BCUT2D eigenvalue weighted by atomic mass is 9.99. The van der Waals surface area contributed by atoms with E-state index >= 15 is 0 Å². The molecule has 1 aliphatic heterocycles. The molecule has 0 aliphatic carbocycles. The Balaban J connectivity index is 1.70. The smallest absolute Gasteiger partial charge is 0.251 e. The van der Waals surface area contributed by atoms with Crippen LogP contribution in [0.1, 0.15) is 17.2 Å². The predicted molar refractivity (Wildman–Crippen MR) is 153 cm³/mol. The van der Waals surface area contributed by atoms with Gasteiger partial charge in [-0.2, -0.15) is 0 Å². The van der Waals surface area contributed by atoms with E-state index in [9.17, 15) is 25.2 Å². The zero-order valence-corrected chi connectivity index (χ0v) is 22.9. The maximum atomic E-state index is 13.8. The molecule has 1 aliphatic rings. The molecule has 3 aromatic rings. The summed E-state index contributed by atoms with van der Waals surface area (Å²) in [6.07, 6.45) is -7.52. The van der Waals surface area contributed by atoms with Gasteiger partial charge in [0.25, 0.3) is 5.91 Å². The number of hydrogen-bond acceptors (Lipinski definition) is 11. The number of rotatable bonds is 11. The molecular formula is C29H34N4O9. The maximum Gasteiger partial charge on any atom is 0.251 e. The quantitative estimate of drug-likeness (QED) is 0.118. The summed E-state index contributed by atoms with van der Waals surface area (Å²) in [5.74, 6) is 0.325. The van der Waals surface area contributed by atoms with Crippen LogP contribution in [0.2, 0.25) is 0 Å². The molecule has 6 unspecified atom stereocenters. The van der Waals surface area contributed by atoms with Crippen LogP contribution in [-0.2, 0) is 9.53 Å². The second-order valence-corrected chi connectivity index (χ2v) is 9.48. The number of anilines is 2. The van der Waals surface area contributed by atoms with Gasteiger partial charge in [-0.15, -0.1) is 0 Å². The fourth-order valence-corrected chi connectivity index (χ4v) is 4.47. The van der Waals surface area contributed by atoms with E-state index in [-0.39, 0.29) is 11.6 Å². The number of aliphatic hydroxyl groups is 4. The number of para-hydroxylation sites is 1. The van der Waals surface area contributed by atoms with Crippen LogP contribution < -0.4 is 30.6 Å². The van der Waals surface area contributed by atoms with Crippen LogP contribution in [0, 0.1) is 5.41 Å². The highest BCUT2D eigenvalue weighted by Crippen LogP contribution is 2.34. The molecule has 42 heavy (non-hydrogen) atoms. The molecule has 13 nitrogen and oxygen atoms in total. The van der Waals surface area contributed by atoms with E-state index in [0.717, 1.165) is 0 Å². The van der Waals surface area contributed by atoms with E-state index in [0.29, 0.717) is 34.0 Å². The fraction of sp³-hybridized carbons (Fsp3) is 0.310. The van der Waals surface area contributed by atoms with Gasteiger partial charge >= 0.3 is 0 Å². The summed E-state index contributed by atoms with van der Waals surface area (Å²) >= 11 is 0. The van der Waals surface area contributed by atoms with Crippen LogP contribution >= 0.6 is 0 Å². The van der Waals surface area contributed by atoms with Gasteiger partial charge in [0.05, 0.1) is 20.8 Å². The zero-order chi connectivity index (χ0) is 30.4. The molecule has 0 bridgehead atoms. The van der Waals surface area contributed by atoms with Crippen LogP contribution in [0.25, 0.3) is 0 Å². The molecule has 1 heterocycles. The van der Waals surface area contributed by atoms with Crippen molar-refractivity contribution in [2.45, 2.75) is 36.7 Å². The number of carbonyl (C=O) groups is 1. The van der Waals surface area contributed by atoms with Crippen molar-refractivity contribution in [2.75, 3.05) is 31.5 Å². The maximum absolute atomic E-state index is 13.8. The minimum absolute atomic E-state index is 0.115. The monoisotopic (exact) mass is 582 g/mol. The summed E-state index contributed by atoms with van der Waals surface area (Å²) in [6.45, 7) is -0.628. The Kier molecular flexibility index (Phi) is 9.83. The Morgan fingerprint density at radius 2 is 1.67 bits per heavy atom. The minimum atomic E-state index is -1.66. The largest absolute Gasteiger partial charge is 0.493 e. The van der Waals surface area contributed by atoms with Crippen molar-refractivity contribution in [3.05, 3.63) is 77.9 Å². The van der Waals surface area contributed by atoms with E-state index in [1.54, 1.807) is 66.7 Å². The number of amidine groups is 1. The molecule has 0 saturated carbocycles. The molecule has 1 saturated heterocycles. The molecule has 1 amide bonds. The number of nitrogen functional groups attached to an aromatic ring is 1.